The highest BCUT2D eigenvalue weighted by Crippen LogP contribution is 2.28. The summed E-state index contributed by atoms with van der Waals surface area (Å²) in [6.45, 7) is 4.69. The second-order valence-corrected chi connectivity index (χ2v) is 4.66. The zero-order valence-electron chi connectivity index (χ0n) is 11.6. The Labute approximate surface area is 117 Å². The molecular weight excluding hydrogens is 266 g/mol. The van der Waals surface area contributed by atoms with Gasteiger partial charge in [-0.2, -0.15) is 8.78 Å². The van der Waals surface area contributed by atoms with Gasteiger partial charge in [0.05, 0.1) is 25.6 Å². The molecule has 1 aliphatic heterocycles. The number of halogens is 2. The van der Waals surface area contributed by atoms with E-state index in [1.807, 2.05) is 13.0 Å². The summed E-state index contributed by atoms with van der Waals surface area (Å²) in [5, 5.41) is 0. The van der Waals surface area contributed by atoms with Crippen molar-refractivity contribution in [1.29, 1.82) is 0 Å². The number of allylic oxidation sites excluding steroid dienone is 2. The van der Waals surface area contributed by atoms with Crippen molar-refractivity contribution in [1.82, 2.24) is 0 Å². The third-order valence-corrected chi connectivity index (χ3v) is 3.07. The Bertz CT molecular complexity index is 500. The van der Waals surface area contributed by atoms with E-state index in [4.69, 9.17) is 14.2 Å². The van der Waals surface area contributed by atoms with Crippen LogP contribution in [-0.4, -0.2) is 19.8 Å². The predicted octanol–water partition coefficient (Wildman–Crippen LogP) is 3.68. The summed E-state index contributed by atoms with van der Waals surface area (Å²) in [7, 11) is 0. The fourth-order valence-electron chi connectivity index (χ4n) is 1.93. The van der Waals surface area contributed by atoms with Crippen LogP contribution >= 0.6 is 0 Å². The first-order chi connectivity index (χ1) is 9.61. The van der Waals surface area contributed by atoms with Crippen LogP contribution in [0.2, 0.25) is 0 Å². The molecule has 5 heteroatoms. The minimum Gasteiger partial charge on any atom is -0.498 e. The van der Waals surface area contributed by atoms with Crippen LogP contribution in [0.5, 0.6) is 11.5 Å². The molecular formula is C15H18F2O3. The SMILES string of the molecule is CCOc1ccc(OCC2CC=C(C)OC2)c(F)c1F. The number of ether oxygens (including phenoxy) is 3. The Morgan fingerprint density at radius 1 is 1.20 bits per heavy atom. The molecule has 1 aliphatic rings. The van der Waals surface area contributed by atoms with Crippen molar-refractivity contribution >= 4 is 0 Å². The molecule has 2 rings (SSSR count). The largest absolute Gasteiger partial charge is 0.498 e. The minimum atomic E-state index is -1.01. The summed E-state index contributed by atoms with van der Waals surface area (Å²) in [5.74, 6) is -1.19. The topological polar surface area (TPSA) is 27.7 Å². The van der Waals surface area contributed by atoms with Crippen LogP contribution in [0.4, 0.5) is 8.78 Å². The van der Waals surface area contributed by atoms with Crippen LogP contribution in [0.1, 0.15) is 20.3 Å². The summed E-state index contributed by atoms with van der Waals surface area (Å²) in [4.78, 5) is 0. The highest BCUT2D eigenvalue weighted by Gasteiger charge is 2.18. The van der Waals surface area contributed by atoms with Crippen molar-refractivity contribution in [3.8, 4) is 11.5 Å². The third-order valence-electron chi connectivity index (χ3n) is 3.07. The summed E-state index contributed by atoms with van der Waals surface area (Å²) >= 11 is 0. The lowest BCUT2D eigenvalue weighted by atomic mass is 10.1. The highest BCUT2D eigenvalue weighted by molar-refractivity contribution is 5.35. The van der Waals surface area contributed by atoms with E-state index in [1.165, 1.54) is 12.1 Å². The van der Waals surface area contributed by atoms with Crippen molar-refractivity contribution in [2.75, 3.05) is 19.8 Å². The van der Waals surface area contributed by atoms with Gasteiger partial charge in [-0.05, 0) is 38.5 Å². The van der Waals surface area contributed by atoms with Gasteiger partial charge in [-0.1, -0.05) is 0 Å². The standard InChI is InChI=1S/C15H18F2O3/c1-3-18-12-6-7-13(15(17)14(12)16)20-9-11-5-4-10(2)19-8-11/h4,6-7,11H,3,5,8-9H2,1-2H3. The number of hydrogen-bond donors (Lipinski definition) is 0. The van der Waals surface area contributed by atoms with Crippen molar-refractivity contribution < 1.29 is 23.0 Å². The number of hydrogen-bond acceptors (Lipinski definition) is 3. The first kappa shape index (κ1) is 14.6. The van der Waals surface area contributed by atoms with E-state index in [2.05, 4.69) is 0 Å². The van der Waals surface area contributed by atoms with Crippen molar-refractivity contribution in [3.63, 3.8) is 0 Å². The summed E-state index contributed by atoms with van der Waals surface area (Å²) < 4.78 is 43.1. The molecule has 1 heterocycles. The van der Waals surface area contributed by atoms with Crippen LogP contribution in [0.25, 0.3) is 0 Å². The van der Waals surface area contributed by atoms with Gasteiger partial charge in [0.25, 0.3) is 0 Å². The molecule has 0 radical (unpaired) electrons. The van der Waals surface area contributed by atoms with E-state index in [1.54, 1.807) is 6.92 Å². The number of benzene rings is 1. The van der Waals surface area contributed by atoms with Gasteiger partial charge in [0.15, 0.2) is 11.5 Å². The van der Waals surface area contributed by atoms with Crippen molar-refractivity contribution in [2.24, 2.45) is 5.92 Å². The van der Waals surface area contributed by atoms with E-state index in [-0.39, 0.29) is 30.6 Å². The second kappa shape index (κ2) is 6.59. The van der Waals surface area contributed by atoms with E-state index in [0.29, 0.717) is 6.61 Å². The monoisotopic (exact) mass is 284 g/mol. The van der Waals surface area contributed by atoms with Gasteiger partial charge < -0.3 is 14.2 Å². The fourth-order valence-corrected chi connectivity index (χ4v) is 1.93. The number of rotatable bonds is 5. The maximum absolute atomic E-state index is 13.8. The Morgan fingerprint density at radius 2 is 1.85 bits per heavy atom. The molecule has 0 spiro atoms. The maximum atomic E-state index is 13.8. The third kappa shape index (κ3) is 3.40. The normalized spacial score (nSPS) is 18.2. The molecule has 1 unspecified atom stereocenters. The van der Waals surface area contributed by atoms with Gasteiger partial charge in [-0.15, -0.1) is 0 Å². The fraction of sp³-hybridized carbons (Fsp3) is 0.467. The van der Waals surface area contributed by atoms with Gasteiger partial charge in [-0.3, -0.25) is 0 Å². The van der Waals surface area contributed by atoms with Gasteiger partial charge in [-0.25, -0.2) is 0 Å². The van der Waals surface area contributed by atoms with Crippen molar-refractivity contribution in [3.05, 3.63) is 35.6 Å². The molecule has 0 aliphatic carbocycles. The van der Waals surface area contributed by atoms with Crippen LogP contribution in [0, 0.1) is 17.6 Å². The summed E-state index contributed by atoms with van der Waals surface area (Å²) in [6.07, 6.45) is 2.78. The molecule has 0 N–H and O–H groups in total. The molecule has 0 aromatic heterocycles. The molecule has 0 amide bonds. The zero-order valence-corrected chi connectivity index (χ0v) is 11.6. The predicted molar refractivity (Wildman–Crippen MR) is 70.8 cm³/mol. The van der Waals surface area contributed by atoms with Crippen LogP contribution < -0.4 is 9.47 Å². The van der Waals surface area contributed by atoms with Crippen molar-refractivity contribution in [2.45, 2.75) is 20.3 Å². The van der Waals surface area contributed by atoms with Crippen LogP contribution in [0.15, 0.2) is 24.0 Å². The molecule has 1 aromatic carbocycles. The van der Waals surface area contributed by atoms with E-state index >= 15 is 0 Å². The molecule has 0 saturated carbocycles. The first-order valence-electron chi connectivity index (χ1n) is 6.65. The lowest BCUT2D eigenvalue weighted by Crippen LogP contribution is -2.20. The van der Waals surface area contributed by atoms with Gasteiger partial charge in [0, 0.05) is 5.92 Å². The lowest BCUT2D eigenvalue weighted by Gasteiger charge is -2.21. The van der Waals surface area contributed by atoms with E-state index in [9.17, 15) is 8.78 Å². The Balaban J connectivity index is 1.98. The summed E-state index contributed by atoms with van der Waals surface area (Å²) in [6, 6.07) is 2.76. The molecule has 20 heavy (non-hydrogen) atoms. The van der Waals surface area contributed by atoms with Crippen LogP contribution in [-0.2, 0) is 4.74 Å². The molecule has 0 saturated heterocycles. The Morgan fingerprint density at radius 3 is 2.40 bits per heavy atom. The molecule has 0 bridgehead atoms. The smallest absolute Gasteiger partial charge is 0.204 e. The van der Waals surface area contributed by atoms with Gasteiger partial charge in [0.1, 0.15) is 0 Å². The average Bonchev–Trinajstić information content (AvgIpc) is 2.45. The maximum Gasteiger partial charge on any atom is 0.204 e. The van der Waals surface area contributed by atoms with E-state index < -0.39 is 11.6 Å². The average molecular weight is 284 g/mol. The lowest BCUT2D eigenvalue weighted by molar-refractivity contribution is 0.111. The van der Waals surface area contributed by atoms with Gasteiger partial charge >= 0.3 is 0 Å². The Kier molecular flexibility index (Phi) is 4.82. The van der Waals surface area contributed by atoms with Crippen LogP contribution in [0.3, 0.4) is 0 Å². The molecule has 0 fully saturated rings. The molecule has 1 aromatic rings. The summed E-state index contributed by atoms with van der Waals surface area (Å²) in [5.41, 5.74) is 0. The first-order valence-corrected chi connectivity index (χ1v) is 6.65. The highest BCUT2D eigenvalue weighted by atomic mass is 19.2. The van der Waals surface area contributed by atoms with E-state index in [0.717, 1.165) is 12.2 Å². The van der Waals surface area contributed by atoms with Gasteiger partial charge in [0.2, 0.25) is 11.6 Å². The minimum absolute atomic E-state index is 0.0998. The second-order valence-electron chi connectivity index (χ2n) is 4.66. The molecule has 1 atom stereocenters. The molecule has 110 valence electrons. The Hall–Kier alpha value is -1.78. The zero-order chi connectivity index (χ0) is 14.5. The quantitative estimate of drug-likeness (QED) is 0.825. The molecule has 3 nitrogen and oxygen atoms in total.